The molecule has 0 aliphatic rings. The van der Waals surface area contributed by atoms with Crippen LogP contribution >= 0.6 is 11.6 Å². The molecule has 9 rings (SSSR count). The van der Waals surface area contributed by atoms with Gasteiger partial charge in [-0.05, 0) is 48.5 Å². The molecule has 0 atom stereocenters. The fraction of sp³-hybridized carbons (Fsp3) is 0.139. The predicted molar refractivity (Wildman–Crippen MR) is 223 cm³/mol. The molecule has 9 aromatic rings. The van der Waals surface area contributed by atoms with Crippen LogP contribution in [0, 0.1) is 16.7 Å². The third-order valence-corrected chi connectivity index (χ3v) is 8.02. The standard InChI is InChI=1S/C10H9N5.C8H9N5O.C8H9N5.C8H6N4.C2H3ClO.H3NO/c1-15-10-7(3-2-4-13-10)8(14-15)9-11-5-6-12-9;1-13-8-5(3-2-4-10-8)6(11-13)7(9)12-14;1-13-8-5(3-2-4-11-8)6(12-13)7(9)10;1-12-8-6(3-2-4-10-8)7(5-9)11-12;3-1-2-4;1-2/h2-6H,1H3,(H,11,12);2-4,14H,1H3,(H2,9,12);2-4H,1H3,(H3,9,10);2-4H,1H3;2H,1H2;2H,1H2. The monoisotopic (exact) mass is 834 g/mol. The van der Waals surface area contributed by atoms with Gasteiger partial charge in [-0.2, -0.15) is 25.7 Å². The van der Waals surface area contributed by atoms with E-state index >= 15 is 0 Å². The van der Waals surface area contributed by atoms with Crippen LogP contribution in [0.2, 0.25) is 0 Å². The van der Waals surface area contributed by atoms with Gasteiger partial charge in [0.05, 0.1) is 27.4 Å². The van der Waals surface area contributed by atoms with E-state index in [0.29, 0.717) is 29.0 Å². The van der Waals surface area contributed by atoms with Gasteiger partial charge in [-0.25, -0.2) is 49.5 Å². The van der Waals surface area contributed by atoms with Gasteiger partial charge in [0, 0.05) is 65.4 Å². The van der Waals surface area contributed by atoms with Crippen molar-refractivity contribution in [1.29, 1.82) is 10.7 Å². The van der Waals surface area contributed by atoms with E-state index in [2.05, 4.69) is 61.4 Å². The molecule has 308 valence electrons. The van der Waals surface area contributed by atoms with Crippen molar-refractivity contribution in [3.05, 3.63) is 103 Å². The lowest BCUT2D eigenvalue weighted by Crippen LogP contribution is -2.14. The number of nitrogens with one attached hydrogen (secondary N) is 2. The average Bonchev–Trinajstić information content (AvgIpc) is 4.14. The first-order valence-electron chi connectivity index (χ1n) is 17.1. The van der Waals surface area contributed by atoms with Gasteiger partial charge < -0.3 is 31.7 Å². The van der Waals surface area contributed by atoms with E-state index in [1.807, 2.05) is 43.4 Å². The van der Waals surface area contributed by atoms with Gasteiger partial charge >= 0.3 is 0 Å². The first-order valence-corrected chi connectivity index (χ1v) is 17.7. The fourth-order valence-corrected chi connectivity index (χ4v) is 5.45. The molecule has 9 heterocycles. The number of nitriles is 1. The molecule has 0 spiro atoms. The van der Waals surface area contributed by atoms with Crippen LogP contribution in [0.3, 0.4) is 0 Å². The molecule has 0 saturated heterocycles. The van der Waals surface area contributed by atoms with Crippen LogP contribution in [0.25, 0.3) is 55.7 Å². The lowest BCUT2D eigenvalue weighted by Gasteiger charge is -1.91. The quantitative estimate of drug-likeness (QED) is 0.0334. The summed E-state index contributed by atoms with van der Waals surface area (Å²) in [6.07, 6.45) is 10.9. The number of imidazole rings is 1. The van der Waals surface area contributed by atoms with Crippen LogP contribution in [0.5, 0.6) is 0 Å². The Morgan fingerprint density at radius 1 is 0.750 bits per heavy atom. The molecule has 24 heteroatoms. The highest BCUT2D eigenvalue weighted by molar-refractivity contribution is 6.24. The molecule has 0 saturated carbocycles. The van der Waals surface area contributed by atoms with Crippen molar-refractivity contribution in [2.75, 3.05) is 5.88 Å². The first kappa shape index (κ1) is 44.5. The van der Waals surface area contributed by atoms with E-state index in [9.17, 15) is 0 Å². The van der Waals surface area contributed by atoms with Gasteiger partial charge in [-0.15, -0.1) is 11.6 Å². The maximum atomic E-state index is 9.04. The Kier molecular flexibility index (Phi) is 15.8. The number of carbonyl (C=O) groups excluding carboxylic acids is 1. The second-order valence-corrected chi connectivity index (χ2v) is 12.0. The Balaban J connectivity index is 0.000000169. The second-order valence-electron chi connectivity index (χ2n) is 11.7. The topological polar surface area (TPSA) is 347 Å². The minimum atomic E-state index is -0.0291. The Morgan fingerprint density at radius 2 is 1.18 bits per heavy atom. The van der Waals surface area contributed by atoms with Crippen molar-refractivity contribution in [2.45, 2.75) is 0 Å². The summed E-state index contributed by atoms with van der Waals surface area (Å²) in [4.78, 5) is 32.9. The lowest BCUT2D eigenvalue weighted by molar-refractivity contribution is -0.105. The highest BCUT2D eigenvalue weighted by Gasteiger charge is 2.14. The number of fused-ring (bicyclic) bond motifs is 4. The summed E-state index contributed by atoms with van der Waals surface area (Å²) in [7, 11) is 7.18. The van der Waals surface area contributed by atoms with Crippen molar-refractivity contribution < 1.29 is 15.2 Å². The molecule has 0 radical (unpaired) electrons. The maximum absolute atomic E-state index is 9.04. The normalized spacial score (nSPS) is 10.4. The zero-order valence-electron chi connectivity index (χ0n) is 32.5. The maximum Gasteiger partial charge on any atom is 0.191 e. The molecular formula is C36H39ClN20O3. The van der Waals surface area contributed by atoms with E-state index in [0.717, 1.165) is 50.0 Å². The third-order valence-electron chi connectivity index (χ3n) is 7.89. The number of H-pyrrole nitrogens is 1. The van der Waals surface area contributed by atoms with Crippen LogP contribution in [0.4, 0.5) is 0 Å². The highest BCUT2D eigenvalue weighted by atomic mass is 35.5. The molecule has 0 aromatic carbocycles. The van der Waals surface area contributed by atoms with Crippen LogP contribution in [0.1, 0.15) is 17.1 Å². The number of aromatic nitrogens is 14. The van der Waals surface area contributed by atoms with Crippen LogP contribution < -0.4 is 17.4 Å². The lowest BCUT2D eigenvalue weighted by atomic mass is 10.2. The van der Waals surface area contributed by atoms with Crippen molar-refractivity contribution in [2.24, 2.45) is 50.7 Å². The number of halogens is 1. The number of aldehydes is 1. The SMILES string of the molecule is Cn1nc(-c2ncc[nH]2)c2cccnc21.Cn1nc(C#N)c2cccnc21.Cn1nc(C(=N)N)c2cccnc21.Cn1nc(C(N)=NO)c2cccnc21.NO.O=CCCl. The fourth-order valence-electron chi connectivity index (χ4n) is 5.45. The van der Waals surface area contributed by atoms with E-state index < -0.39 is 0 Å². The molecule has 60 heavy (non-hydrogen) atoms. The molecule has 0 bridgehead atoms. The number of oxime groups is 1. The van der Waals surface area contributed by atoms with Crippen LogP contribution in [-0.4, -0.2) is 103 Å². The molecule has 0 aliphatic heterocycles. The number of rotatable bonds is 4. The van der Waals surface area contributed by atoms with Crippen LogP contribution in [0.15, 0.2) is 90.9 Å². The van der Waals surface area contributed by atoms with Crippen molar-refractivity contribution in [1.82, 2.24) is 69.0 Å². The van der Waals surface area contributed by atoms with Gasteiger partial charge in [0.1, 0.15) is 35.3 Å². The number of nitrogens with zero attached hydrogens (tertiary/aromatic N) is 15. The summed E-state index contributed by atoms with van der Waals surface area (Å²) >= 11 is 4.82. The Labute approximate surface area is 344 Å². The van der Waals surface area contributed by atoms with Gasteiger partial charge in [-0.1, -0.05) is 5.16 Å². The smallest absolute Gasteiger partial charge is 0.191 e. The highest BCUT2D eigenvalue weighted by Crippen LogP contribution is 2.23. The number of aromatic amines is 1. The number of hydrogen-bond acceptors (Lipinski definition) is 16. The molecule has 23 nitrogen and oxygen atoms in total. The summed E-state index contributed by atoms with van der Waals surface area (Å²) < 4.78 is 6.57. The summed E-state index contributed by atoms with van der Waals surface area (Å²) in [6, 6.07) is 16.8. The van der Waals surface area contributed by atoms with Gasteiger partial charge in [-0.3, -0.25) is 5.41 Å². The number of nitrogens with two attached hydrogens (primary N) is 3. The third kappa shape index (κ3) is 10.2. The minimum Gasteiger partial charge on any atom is -0.409 e. The zero-order chi connectivity index (χ0) is 43.8. The van der Waals surface area contributed by atoms with Gasteiger partial charge in [0.25, 0.3) is 0 Å². The number of alkyl halides is 1. The predicted octanol–water partition coefficient (Wildman–Crippen LogP) is 2.27. The first-order chi connectivity index (χ1) is 29.0. The summed E-state index contributed by atoms with van der Waals surface area (Å²) in [5.74, 6) is 4.34. The summed E-state index contributed by atoms with van der Waals surface area (Å²) in [5.41, 5.74) is 16.1. The van der Waals surface area contributed by atoms with Crippen molar-refractivity contribution >= 4 is 73.7 Å². The van der Waals surface area contributed by atoms with E-state index in [-0.39, 0.29) is 17.6 Å². The Morgan fingerprint density at radius 3 is 1.65 bits per heavy atom. The second kappa shape index (κ2) is 21.4. The molecule has 0 unspecified atom stereocenters. The molecule has 10 N–H and O–H groups in total. The number of pyridine rings is 4. The number of nitrogen functional groups attached to an aromatic ring is 1. The van der Waals surface area contributed by atoms with Gasteiger partial charge in [0.2, 0.25) is 0 Å². The Bertz CT molecular complexity index is 2890. The summed E-state index contributed by atoms with van der Waals surface area (Å²) in [5, 5.41) is 54.0. The minimum absolute atomic E-state index is 0.0106. The summed E-state index contributed by atoms with van der Waals surface area (Å²) in [6.45, 7) is 0. The molecule has 9 aromatic heterocycles. The number of amidine groups is 2. The Hall–Kier alpha value is -8.20. The molecule has 0 fully saturated rings. The van der Waals surface area contributed by atoms with Crippen LogP contribution in [-0.2, 0) is 33.0 Å². The average molecular weight is 835 g/mol. The van der Waals surface area contributed by atoms with E-state index in [1.165, 1.54) is 0 Å². The molecular weight excluding hydrogens is 796 g/mol. The number of aryl methyl sites for hydroxylation is 4. The zero-order valence-corrected chi connectivity index (χ0v) is 33.2. The number of hydrogen-bond donors (Lipinski definition) is 7. The largest absolute Gasteiger partial charge is 0.409 e. The number of carbonyl (C=O) groups is 1. The van der Waals surface area contributed by atoms with Gasteiger partial charge in [0.15, 0.2) is 39.9 Å². The molecule has 0 aliphatic carbocycles. The van der Waals surface area contributed by atoms with Crippen molar-refractivity contribution in [3.63, 3.8) is 0 Å². The molecule has 0 amide bonds. The van der Waals surface area contributed by atoms with E-state index in [1.54, 1.807) is 95.3 Å². The van der Waals surface area contributed by atoms with E-state index in [4.69, 9.17) is 48.9 Å². The van der Waals surface area contributed by atoms with Crippen molar-refractivity contribution in [3.8, 4) is 17.6 Å².